The molecular formula is C18H18ClNO. The first-order valence-corrected chi connectivity index (χ1v) is 7.53. The third kappa shape index (κ3) is 2.96. The Balaban J connectivity index is 1.89. The number of carbonyl (C=O) groups is 1. The van der Waals surface area contributed by atoms with Crippen molar-refractivity contribution < 1.29 is 4.79 Å². The van der Waals surface area contributed by atoms with E-state index in [1.54, 1.807) is 0 Å². The minimum absolute atomic E-state index is 0.0573. The molecule has 2 aromatic carbocycles. The molecule has 108 valence electrons. The lowest BCUT2D eigenvalue weighted by Crippen LogP contribution is -2.28. The Morgan fingerprint density at radius 2 is 1.81 bits per heavy atom. The normalized spacial score (nSPS) is 24.9. The van der Waals surface area contributed by atoms with Gasteiger partial charge in [0.25, 0.3) is 0 Å². The van der Waals surface area contributed by atoms with E-state index in [2.05, 4.69) is 24.4 Å². The summed E-state index contributed by atoms with van der Waals surface area (Å²) in [6.45, 7) is 2.18. The Bertz CT molecular complexity index is 638. The molecule has 0 spiro atoms. The molecule has 21 heavy (non-hydrogen) atoms. The SMILES string of the molecule is CC1(Cc2ccc(Cl)cc2)CC(=O)NC1c1ccccc1. The van der Waals surface area contributed by atoms with Crippen LogP contribution >= 0.6 is 11.6 Å². The molecule has 1 saturated heterocycles. The first-order valence-electron chi connectivity index (χ1n) is 7.16. The van der Waals surface area contributed by atoms with Gasteiger partial charge in [0.2, 0.25) is 5.91 Å². The van der Waals surface area contributed by atoms with Gasteiger partial charge in [0.15, 0.2) is 0 Å². The van der Waals surface area contributed by atoms with E-state index < -0.39 is 0 Å². The number of rotatable bonds is 3. The average Bonchev–Trinajstić information content (AvgIpc) is 2.77. The highest BCUT2D eigenvalue weighted by Gasteiger charge is 2.43. The highest BCUT2D eigenvalue weighted by molar-refractivity contribution is 6.30. The molecule has 1 aliphatic heterocycles. The number of hydrogen-bond donors (Lipinski definition) is 1. The van der Waals surface area contributed by atoms with Gasteiger partial charge in [-0.1, -0.05) is 61.0 Å². The average molecular weight is 300 g/mol. The van der Waals surface area contributed by atoms with Crippen LogP contribution in [0.2, 0.25) is 5.02 Å². The number of halogens is 1. The molecule has 2 nitrogen and oxygen atoms in total. The molecule has 0 aromatic heterocycles. The zero-order valence-electron chi connectivity index (χ0n) is 12.0. The van der Waals surface area contributed by atoms with Crippen molar-refractivity contribution in [1.82, 2.24) is 5.32 Å². The van der Waals surface area contributed by atoms with Gasteiger partial charge in [-0.25, -0.2) is 0 Å². The molecule has 1 amide bonds. The van der Waals surface area contributed by atoms with Crippen molar-refractivity contribution in [1.29, 1.82) is 0 Å². The number of hydrogen-bond acceptors (Lipinski definition) is 1. The van der Waals surface area contributed by atoms with E-state index in [0.29, 0.717) is 6.42 Å². The van der Waals surface area contributed by atoms with Crippen LogP contribution in [0.5, 0.6) is 0 Å². The third-order valence-corrected chi connectivity index (χ3v) is 4.47. The fourth-order valence-electron chi connectivity index (χ4n) is 3.22. The lowest BCUT2D eigenvalue weighted by atomic mass is 9.74. The van der Waals surface area contributed by atoms with Gasteiger partial charge in [-0.3, -0.25) is 4.79 Å². The maximum atomic E-state index is 12.0. The summed E-state index contributed by atoms with van der Waals surface area (Å²) in [5.74, 6) is 0.125. The van der Waals surface area contributed by atoms with E-state index in [1.807, 2.05) is 42.5 Å². The quantitative estimate of drug-likeness (QED) is 0.906. The summed E-state index contributed by atoms with van der Waals surface area (Å²) in [6, 6.07) is 18.1. The second-order valence-electron chi connectivity index (χ2n) is 6.05. The van der Waals surface area contributed by atoms with Crippen LogP contribution in [0.3, 0.4) is 0 Å². The van der Waals surface area contributed by atoms with Crippen molar-refractivity contribution in [3.63, 3.8) is 0 Å². The number of amides is 1. The van der Waals surface area contributed by atoms with Gasteiger partial charge < -0.3 is 5.32 Å². The smallest absolute Gasteiger partial charge is 0.221 e. The summed E-state index contributed by atoms with van der Waals surface area (Å²) in [6.07, 6.45) is 1.40. The Hall–Kier alpha value is -1.80. The molecule has 0 radical (unpaired) electrons. The van der Waals surface area contributed by atoms with E-state index in [-0.39, 0.29) is 17.4 Å². The molecule has 3 heteroatoms. The van der Waals surface area contributed by atoms with E-state index >= 15 is 0 Å². The van der Waals surface area contributed by atoms with Gasteiger partial charge in [-0.2, -0.15) is 0 Å². The lowest BCUT2D eigenvalue weighted by Gasteiger charge is -2.30. The van der Waals surface area contributed by atoms with Gasteiger partial charge in [0.05, 0.1) is 6.04 Å². The van der Waals surface area contributed by atoms with Crippen LogP contribution in [0.15, 0.2) is 54.6 Å². The second-order valence-corrected chi connectivity index (χ2v) is 6.48. The Morgan fingerprint density at radius 3 is 2.48 bits per heavy atom. The zero-order chi connectivity index (χ0) is 14.9. The highest BCUT2D eigenvalue weighted by Crippen LogP contribution is 2.44. The highest BCUT2D eigenvalue weighted by atomic mass is 35.5. The van der Waals surface area contributed by atoms with Crippen LogP contribution in [0.1, 0.15) is 30.5 Å². The first kappa shape index (κ1) is 14.2. The van der Waals surface area contributed by atoms with E-state index in [9.17, 15) is 4.79 Å². The van der Waals surface area contributed by atoms with Crippen LogP contribution in [-0.2, 0) is 11.2 Å². The first-order chi connectivity index (χ1) is 10.1. The van der Waals surface area contributed by atoms with Crippen LogP contribution in [-0.4, -0.2) is 5.91 Å². The van der Waals surface area contributed by atoms with Gasteiger partial charge in [0, 0.05) is 16.9 Å². The fraction of sp³-hybridized carbons (Fsp3) is 0.278. The van der Waals surface area contributed by atoms with Gasteiger partial charge in [-0.05, 0) is 29.7 Å². The Kier molecular flexibility index (Phi) is 3.73. The molecule has 0 saturated carbocycles. The molecule has 1 fully saturated rings. The molecule has 1 aliphatic rings. The molecule has 2 aromatic rings. The fourth-order valence-corrected chi connectivity index (χ4v) is 3.35. The number of benzene rings is 2. The number of carbonyl (C=O) groups excluding carboxylic acids is 1. The van der Waals surface area contributed by atoms with Crippen LogP contribution in [0, 0.1) is 5.41 Å². The van der Waals surface area contributed by atoms with Crippen LogP contribution in [0.4, 0.5) is 0 Å². The third-order valence-electron chi connectivity index (χ3n) is 4.22. The minimum Gasteiger partial charge on any atom is -0.349 e. The molecule has 0 aliphatic carbocycles. The summed E-state index contributed by atoms with van der Waals surface area (Å²) in [5, 5.41) is 3.87. The molecular weight excluding hydrogens is 282 g/mol. The summed E-state index contributed by atoms with van der Waals surface area (Å²) < 4.78 is 0. The molecule has 2 atom stereocenters. The Morgan fingerprint density at radius 1 is 1.14 bits per heavy atom. The van der Waals surface area contributed by atoms with Crippen molar-refractivity contribution in [3.8, 4) is 0 Å². The van der Waals surface area contributed by atoms with Gasteiger partial charge in [-0.15, -0.1) is 0 Å². The Labute approximate surface area is 130 Å². The summed E-state index contributed by atoms with van der Waals surface area (Å²) >= 11 is 5.94. The van der Waals surface area contributed by atoms with E-state index in [4.69, 9.17) is 11.6 Å². The summed E-state index contributed by atoms with van der Waals surface area (Å²) in [5.41, 5.74) is 2.26. The summed E-state index contributed by atoms with van der Waals surface area (Å²) in [7, 11) is 0. The zero-order valence-corrected chi connectivity index (χ0v) is 12.7. The topological polar surface area (TPSA) is 29.1 Å². The van der Waals surface area contributed by atoms with Crippen molar-refractivity contribution >= 4 is 17.5 Å². The van der Waals surface area contributed by atoms with Gasteiger partial charge in [0.1, 0.15) is 0 Å². The number of nitrogens with one attached hydrogen (secondary N) is 1. The van der Waals surface area contributed by atoms with Crippen molar-refractivity contribution in [2.75, 3.05) is 0 Å². The molecule has 2 unspecified atom stereocenters. The standard InChI is InChI=1S/C18H18ClNO/c1-18(11-13-7-9-15(19)10-8-13)12-16(21)20-17(18)14-5-3-2-4-6-14/h2-10,17H,11-12H2,1H3,(H,20,21). The monoisotopic (exact) mass is 299 g/mol. The largest absolute Gasteiger partial charge is 0.349 e. The minimum atomic E-state index is -0.119. The van der Waals surface area contributed by atoms with Crippen molar-refractivity contribution in [3.05, 3.63) is 70.7 Å². The predicted octanol–water partition coefficient (Wildman–Crippen LogP) is 4.15. The van der Waals surface area contributed by atoms with E-state index in [0.717, 1.165) is 11.4 Å². The van der Waals surface area contributed by atoms with Crippen molar-refractivity contribution in [2.24, 2.45) is 5.41 Å². The molecule has 1 heterocycles. The van der Waals surface area contributed by atoms with Crippen LogP contribution < -0.4 is 5.32 Å². The molecule has 1 N–H and O–H groups in total. The maximum Gasteiger partial charge on any atom is 0.221 e. The van der Waals surface area contributed by atoms with Crippen LogP contribution in [0.25, 0.3) is 0 Å². The molecule has 0 bridgehead atoms. The van der Waals surface area contributed by atoms with E-state index in [1.165, 1.54) is 11.1 Å². The second kappa shape index (κ2) is 5.53. The molecule has 3 rings (SSSR count). The van der Waals surface area contributed by atoms with Crippen molar-refractivity contribution in [2.45, 2.75) is 25.8 Å². The summed E-state index contributed by atoms with van der Waals surface area (Å²) in [4.78, 5) is 12.0. The lowest BCUT2D eigenvalue weighted by molar-refractivity contribution is -0.119. The predicted molar refractivity (Wildman–Crippen MR) is 85.2 cm³/mol. The maximum absolute atomic E-state index is 12.0. The van der Waals surface area contributed by atoms with Gasteiger partial charge >= 0.3 is 0 Å².